The molecular formula is C20H22N4. The molecule has 0 radical (unpaired) electrons. The molecule has 0 saturated carbocycles. The van der Waals surface area contributed by atoms with Gasteiger partial charge in [-0.25, -0.2) is 0 Å². The third kappa shape index (κ3) is 3.05. The van der Waals surface area contributed by atoms with E-state index in [-0.39, 0.29) is 0 Å². The van der Waals surface area contributed by atoms with Crippen LogP contribution in [0.3, 0.4) is 0 Å². The van der Waals surface area contributed by atoms with Crippen LogP contribution in [0, 0.1) is 0 Å². The molecule has 1 aliphatic heterocycles. The smallest absolute Gasteiger partial charge is 0.0927 e. The third-order valence-corrected chi connectivity index (χ3v) is 4.69. The molecule has 1 aliphatic rings. The lowest BCUT2D eigenvalue weighted by molar-refractivity contribution is 0.313. The van der Waals surface area contributed by atoms with Gasteiger partial charge in [0.2, 0.25) is 0 Å². The minimum atomic E-state index is 0.980. The lowest BCUT2D eigenvalue weighted by atomic mass is 10.1. The summed E-state index contributed by atoms with van der Waals surface area (Å²) in [6.07, 6.45) is 0. The molecule has 1 aromatic heterocycles. The van der Waals surface area contributed by atoms with E-state index in [1.54, 1.807) is 0 Å². The van der Waals surface area contributed by atoms with Crippen molar-refractivity contribution in [3.05, 3.63) is 60.7 Å². The number of aromatic nitrogens is 2. The molecule has 2 heterocycles. The first-order valence-corrected chi connectivity index (χ1v) is 8.44. The maximum atomic E-state index is 4.44. The second-order valence-electron chi connectivity index (χ2n) is 6.37. The predicted octanol–water partition coefficient (Wildman–Crippen LogP) is 3.50. The minimum Gasteiger partial charge on any atom is -0.369 e. The van der Waals surface area contributed by atoms with Crippen molar-refractivity contribution in [1.82, 2.24) is 15.1 Å². The molecule has 2 aromatic carbocycles. The molecule has 0 atom stereocenters. The van der Waals surface area contributed by atoms with Gasteiger partial charge in [0, 0.05) is 37.4 Å². The summed E-state index contributed by atoms with van der Waals surface area (Å²) in [6.45, 7) is 4.45. The van der Waals surface area contributed by atoms with E-state index >= 15 is 0 Å². The van der Waals surface area contributed by atoms with Crippen LogP contribution in [0.4, 0.5) is 5.69 Å². The largest absolute Gasteiger partial charge is 0.369 e. The Morgan fingerprint density at radius 2 is 1.54 bits per heavy atom. The molecule has 24 heavy (non-hydrogen) atoms. The lowest BCUT2D eigenvalue weighted by Gasteiger charge is -2.34. The Morgan fingerprint density at radius 1 is 0.833 bits per heavy atom. The van der Waals surface area contributed by atoms with Crippen LogP contribution >= 0.6 is 0 Å². The van der Waals surface area contributed by atoms with Gasteiger partial charge in [-0.05, 0) is 30.8 Å². The number of aromatic amines is 1. The zero-order chi connectivity index (χ0) is 16.4. The van der Waals surface area contributed by atoms with E-state index in [9.17, 15) is 0 Å². The van der Waals surface area contributed by atoms with E-state index < -0.39 is 0 Å². The quantitative estimate of drug-likeness (QED) is 0.803. The Morgan fingerprint density at radius 3 is 2.25 bits per heavy atom. The molecule has 122 valence electrons. The fourth-order valence-electron chi connectivity index (χ4n) is 3.14. The summed E-state index contributed by atoms with van der Waals surface area (Å²) in [5.74, 6) is 0. The topological polar surface area (TPSA) is 35.2 Å². The van der Waals surface area contributed by atoms with Gasteiger partial charge >= 0.3 is 0 Å². The summed E-state index contributed by atoms with van der Waals surface area (Å²) in [4.78, 5) is 4.83. The van der Waals surface area contributed by atoms with E-state index in [0.717, 1.165) is 43.1 Å². The first-order chi connectivity index (χ1) is 11.8. The van der Waals surface area contributed by atoms with Crippen molar-refractivity contribution in [1.29, 1.82) is 0 Å². The highest BCUT2D eigenvalue weighted by atomic mass is 15.2. The van der Waals surface area contributed by atoms with Gasteiger partial charge in [-0.1, -0.05) is 42.5 Å². The van der Waals surface area contributed by atoms with Crippen LogP contribution < -0.4 is 4.90 Å². The number of nitrogens with one attached hydrogen (secondary N) is 1. The number of nitrogens with zero attached hydrogens (tertiary/aromatic N) is 3. The van der Waals surface area contributed by atoms with Crippen LogP contribution in [-0.2, 0) is 0 Å². The Kier molecular flexibility index (Phi) is 4.05. The molecule has 1 fully saturated rings. The van der Waals surface area contributed by atoms with Crippen LogP contribution in [0.5, 0.6) is 0 Å². The first-order valence-electron chi connectivity index (χ1n) is 8.44. The normalized spacial score (nSPS) is 15.6. The number of benzene rings is 2. The summed E-state index contributed by atoms with van der Waals surface area (Å²) in [5, 5.41) is 7.60. The zero-order valence-corrected chi connectivity index (χ0v) is 13.9. The Bertz CT molecular complexity index is 784. The Hall–Kier alpha value is -2.59. The average Bonchev–Trinajstić information content (AvgIpc) is 3.13. The summed E-state index contributed by atoms with van der Waals surface area (Å²) in [6, 6.07) is 21.1. The van der Waals surface area contributed by atoms with E-state index in [1.165, 1.54) is 11.3 Å². The molecule has 0 bridgehead atoms. The summed E-state index contributed by atoms with van der Waals surface area (Å²) in [5.41, 5.74) is 5.64. The van der Waals surface area contributed by atoms with Crippen molar-refractivity contribution < 1.29 is 0 Å². The van der Waals surface area contributed by atoms with Crippen molar-refractivity contribution in [2.75, 3.05) is 38.1 Å². The molecule has 0 amide bonds. The predicted molar refractivity (Wildman–Crippen MR) is 99.2 cm³/mol. The first kappa shape index (κ1) is 15.0. The highest BCUT2D eigenvalue weighted by Gasteiger charge is 2.14. The van der Waals surface area contributed by atoms with Crippen molar-refractivity contribution >= 4 is 5.69 Å². The van der Waals surface area contributed by atoms with Crippen LogP contribution in [0.2, 0.25) is 0 Å². The van der Waals surface area contributed by atoms with Crippen LogP contribution in [-0.4, -0.2) is 48.3 Å². The summed E-state index contributed by atoms with van der Waals surface area (Å²) >= 11 is 0. The molecule has 4 nitrogen and oxygen atoms in total. The molecule has 1 saturated heterocycles. The van der Waals surface area contributed by atoms with Crippen LogP contribution in [0.1, 0.15) is 0 Å². The Balaban J connectivity index is 1.52. The molecule has 4 rings (SSSR count). The van der Waals surface area contributed by atoms with Gasteiger partial charge in [-0.2, -0.15) is 5.10 Å². The van der Waals surface area contributed by atoms with Gasteiger partial charge in [0.15, 0.2) is 0 Å². The number of anilines is 1. The van der Waals surface area contributed by atoms with E-state index in [4.69, 9.17) is 0 Å². The fourth-order valence-corrected chi connectivity index (χ4v) is 3.14. The molecule has 1 N–H and O–H groups in total. The zero-order valence-electron chi connectivity index (χ0n) is 13.9. The number of piperazine rings is 1. The molecule has 0 spiro atoms. The lowest BCUT2D eigenvalue weighted by Crippen LogP contribution is -2.44. The molecule has 0 unspecified atom stereocenters. The minimum absolute atomic E-state index is 0.980. The second-order valence-corrected chi connectivity index (χ2v) is 6.37. The number of hydrogen-bond acceptors (Lipinski definition) is 3. The maximum Gasteiger partial charge on any atom is 0.0927 e. The SMILES string of the molecule is CN1CCN(c2ccc(-c3cc(-c4ccccc4)n[nH]3)cc2)CC1. The van der Waals surface area contributed by atoms with Gasteiger partial charge in [-0.15, -0.1) is 0 Å². The monoisotopic (exact) mass is 318 g/mol. The van der Waals surface area contributed by atoms with Crippen LogP contribution in [0.25, 0.3) is 22.5 Å². The van der Waals surface area contributed by atoms with Crippen molar-refractivity contribution in [3.8, 4) is 22.5 Å². The molecule has 3 aromatic rings. The molecule has 4 heteroatoms. The van der Waals surface area contributed by atoms with Crippen molar-refractivity contribution in [2.24, 2.45) is 0 Å². The van der Waals surface area contributed by atoms with E-state index in [1.807, 2.05) is 18.2 Å². The Labute approximate surface area is 142 Å². The van der Waals surface area contributed by atoms with Crippen molar-refractivity contribution in [2.45, 2.75) is 0 Å². The van der Waals surface area contributed by atoms with Gasteiger partial charge < -0.3 is 9.80 Å². The average molecular weight is 318 g/mol. The second kappa shape index (κ2) is 6.49. The number of rotatable bonds is 3. The van der Waals surface area contributed by atoms with Gasteiger partial charge in [0.05, 0.1) is 11.4 Å². The van der Waals surface area contributed by atoms with Crippen LogP contribution in [0.15, 0.2) is 60.7 Å². The summed E-state index contributed by atoms with van der Waals surface area (Å²) in [7, 11) is 2.18. The summed E-state index contributed by atoms with van der Waals surface area (Å²) < 4.78 is 0. The van der Waals surface area contributed by atoms with Gasteiger partial charge in [-0.3, -0.25) is 5.10 Å². The fraction of sp³-hybridized carbons (Fsp3) is 0.250. The highest BCUT2D eigenvalue weighted by Crippen LogP contribution is 2.26. The van der Waals surface area contributed by atoms with Crippen molar-refractivity contribution in [3.63, 3.8) is 0 Å². The number of likely N-dealkylation sites (N-methyl/N-ethyl adjacent to an activating group) is 1. The standard InChI is InChI=1S/C20H22N4/c1-23-11-13-24(14-12-23)18-9-7-17(8-10-18)20-15-19(21-22-20)16-5-3-2-4-6-16/h2-10,15H,11-14H2,1H3,(H,21,22). The molecule has 0 aliphatic carbocycles. The van der Waals surface area contributed by atoms with Gasteiger partial charge in [0.1, 0.15) is 0 Å². The molecular weight excluding hydrogens is 296 g/mol. The number of H-pyrrole nitrogens is 1. The number of hydrogen-bond donors (Lipinski definition) is 1. The highest BCUT2D eigenvalue weighted by molar-refractivity contribution is 5.69. The van der Waals surface area contributed by atoms with E-state index in [0.29, 0.717) is 0 Å². The maximum absolute atomic E-state index is 4.44. The third-order valence-electron chi connectivity index (χ3n) is 4.69. The van der Waals surface area contributed by atoms with E-state index in [2.05, 4.69) is 69.5 Å². The van der Waals surface area contributed by atoms with Gasteiger partial charge in [0.25, 0.3) is 0 Å².